The Morgan fingerprint density at radius 2 is 1.79 bits per heavy atom. The first kappa shape index (κ1) is 20.1. The highest BCUT2D eigenvalue weighted by Gasteiger charge is 2.13. The van der Waals surface area contributed by atoms with Gasteiger partial charge in [-0.2, -0.15) is 0 Å². The number of fused-ring (bicyclic) bond motifs is 1. The van der Waals surface area contributed by atoms with E-state index in [1.165, 1.54) is 6.08 Å². The SMILES string of the molecule is COc1cccc(/C=C/C(=O)OCC(=O)N[C@H](C)c2cccc3ccccc23)c1. The van der Waals surface area contributed by atoms with Crippen LogP contribution in [0.25, 0.3) is 16.8 Å². The summed E-state index contributed by atoms with van der Waals surface area (Å²) in [5.74, 6) is -0.239. The number of carbonyl (C=O) groups excluding carboxylic acids is 2. The zero-order valence-electron chi connectivity index (χ0n) is 16.4. The molecule has 0 spiro atoms. The molecule has 0 saturated heterocycles. The number of carbonyl (C=O) groups is 2. The van der Waals surface area contributed by atoms with E-state index in [2.05, 4.69) is 5.32 Å². The van der Waals surface area contributed by atoms with Crippen molar-refractivity contribution in [3.8, 4) is 5.75 Å². The summed E-state index contributed by atoms with van der Waals surface area (Å²) >= 11 is 0. The Morgan fingerprint density at radius 1 is 1.03 bits per heavy atom. The van der Waals surface area contributed by atoms with E-state index < -0.39 is 5.97 Å². The number of benzene rings is 3. The molecule has 3 aromatic carbocycles. The van der Waals surface area contributed by atoms with E-state index >= 15 is 0 Å². The summed E-state index contributed by atoms with van der Waals surface area (Å²) in [6.45, 7) is 1.57. The summed E-state index contributed by atoms with van der Waals surface area (Å²) in [7, 11) is 1.58. The average molecular weight is 389 g/mol. The van der Waals surface area contributed by atoms with Crippen molar-refractivity contribution in [3.05, 3.63) is 83.9 Å². The number of hydrogen-bond acceptors (Lipinski definition) is 4. The van der Waals surface area contributed by atoms with E-state index in [1.54, 1.807) is 19.3 Å². The van der Waals surface area contributed by atoms with Crippen LogP contribution in [0.15, 0.2) is 72.8 Å². The van der Waals surface area contributed by atoms with Crippen molar-refractivity contribution >= 4 is 28.7 Å². The molecule has 3 aromatic rings. The number of nitrogens with one attached hydrogen (secondary N) is 1. The maximum absolute atomic E-state index is 12.2. The molecular weight excluding hydrogens is 366 g/mol. The summed E-state index contributed by atoms with van der Waals surface area (Å²) in [4.78, 5) is 24.1. The Morgan fingerprint density at radius 3 is 2.62 bits per heavy atom. The van der Waals surface area contributed by atoms with Crippen LogP contribution in [0.4, 0.5) is 0 Å². The number of hydrogen-bond donors (Lipinski definition) is 1. The number of methoxy groups -OCH3 is 1. The average Bonchev–Trinajstić information content (AvgIpc) is 2.76. The van der Waals surface area contributed by atoms with Gasteiger partial charge < -0.3 is 14.8 Å². The highest BCUT2D eigenvalue weighted by molar-refractivity contribution is 5.90. The second-order valence-corrected chi connectivity index (χ2v) is 6.58. The lowest BCUT2D eigenvalue weighted by Gasteiger charge is -2.16. The second kappa shape index (κ2) is 9.55. The monoisotopic (exact) mass is 389 g/mol. The van der Waals surface area contributed by atoms with Gasteiger partial charge in [-0.05, 0) is 47.0 Å². The first-order valence-electron chi connectivity index (χ1n) is 9.33. The number of esters is 1. The largest absolute Gasteiger partial charge is 0.497 e. The topological polar surface area (TPSA) is 64.6 Å². The maximum atomic E-state index is 12.2. The van der Waals surface area contributed by atoms with E-state index in [1.807, 2.05) is 67.6 Å². The van der Waals surface area contributed by atoms with Crippen molar-refractivity contribution in [2.75, 3.05) is 13.7 Å². The molecule has 0 unspecified atom stereocenters. The molecule has 0 aliphatic rings. The third-order valence-corrected chi connectivity index (χ3v) is 4.52. The van der Waals surface area contributed by atoms with Gasteiger partial charge in [-0.3, -0.25) is 4.79 Å². The molecule has 0 aromatic heterocycles. The molecule has 5 nitrogen and oxygen atoms in total. The summed E-state index contributed by atoms with van der Waals surface area (Å²) in [5.41, 5.74) is 1.82. The second-order valence-electron chi connectivity index (χ2n) is 6.58. The van der Waals surface area contributed by atoms with Crippen molar-refractivity contribution in [2.45, 2.75) is 13.0 Å². The first-order chi connectivity index (χ1) is 14.1. The molecule has 0 saturated carbocycles. The van der Waals surface area contributed by atoms with Crippen LogP contribution in [0.1, 0.15) is 24.1 Å². The van der Waals surface area contributed by atoms with Crippen molar-refractivity contribution < 1.29 is 19.1 Å². The summed E-state index contributed by atoms with van der Waals surface area (Å²) in [6.07, 6.45) is 2.90. The fourth-order valence-electron chi connectivity index (χ4n) is 3.08. The van der Waals surface area contributed by atoms with Crippen LogP contribution in [-0.2, 0) is 14.3 Å². The number of ether oxygens (including phenoxy) is 2. The molecule has 0 aliphatic carbocycles. The van der Waals surface area contributed by atoms with Crippen LogP contribution >= 0.6 is 0 Å². The Kier molecular flexibility index (Phi) is 6.63. The molecule has 1 atom stereocenters. The quantitative estimate of drug-likeness (QED) is 0.484. The Balaban J connectivity index is 1.53. The Bertz CT molecular complexity index is 1040. The highest BCUT2D eigenvalue weighted by atomic mass is 16.5. The Labute approximate surface area is 170 Å². The fourth-order valence-corrected chi connectivity index (χ4v) is 3.08. The van der Waals surface area contributed by atoms with Gasteiger partial charge in [0.2, 0.25) is 0 Å². The van der Waals surface area contributed by atoms with Gasteiger partial charge in [0, 0.05) is 6.08 Å². The third-order valence-electron chi connectivity index (χ3n) is 4.52. The zero-order valence-corrected chi connectivity index (χ0v) is 16.4. The molecule has 0 fully saturated rings. The lowest BCUT2D eigenvalue weighted by Crippen LogP contribution is -2.31. The summed E-state index contributed by atoms with van der Waals surface area (Å²) < 4.78 is 10.2. The van der Waals surface area contributed by atoms with Crippen LogP contribution in [0, 0.1) is 0 Å². The number of rotatable bonds is 7. The van der Waals surface area contributed by atoms with Crippen molar-refractivity contribution in [1.29, 1.82) is 0 Å². The van der Waals surface area contributed by atoms with E-state index in [0.717, 1.165) is 21.9 Å². The van der Waals surface area contributed by atoms with Gasteiger partial charge in [-0.15, -0.1) is 0 Å². The molecule has 3 rings (SSSR count). The summed E-state index contributed by atoms with van der Waals surface area (Å²) in [5, 5.41) is 5.07. The van der Waals surface area contributed by atoms with Crippen LogP contribution < -0.4 is 10.1 Å². The normalized spacial score (nSPS) is 11.9. The molecule has 1 amide bonds. The molecule has 0 radical (unpaired) electrons. The Hall–Kier alpha value is -3.60. The molecular formula is C24H23NO4. The standard InChI is InChI=1S/C24H23NO4/c1-17(21-12-6-9-19-8-3-4-11-22(19)21)25-23(26)16-29-24(27)14-13-18-7-5-10-20(15-18)28-2/h3-15,17H,16H2,1-2H3,(H,25,26)/b14-13+/t17-/m1/s1. The fraction of sp³-hybridized carbons (Fsp3) is 0.167. The predicted molar refractivity (Wildman–Crippen MR) is 113 cm³/mol. The third kappa shape index (κ3) is 5.45. The minimum absolute atomic E-state index is 0.209. The summed E-state index contributed by atoms with van der Waals surface area (Å²) in [6, 6.07) is 21.0. The van der Waals surface area contributed by atoms with Gasteiger partial charge in [0.15, 0.2) is 6.61 Å². The lowest BCUT2D eigenvalue weighted by molar-refractivity contribution is -0.144. The zero-order chi connectivity index (χ0) is 20.6. The van der Waals surface area contributed by atoms with Gasteiger partial charge in [0.05, 0.1) is 13.2 Å². The van der Waals surface area contributed by atoms with Gasteiger partial charge in [-0.25, -0.2) is 4.79 Å². The molecule has 29 heavy (non-hydrogen) atoms. The van der Waals surface area contributed by atoms with Gasteiger partial charge >= 0.3 is 5.97 Å². The number of amides is 1. The molecule has 0 bridgehead atoms. The predicted octanol–water partition coefficient (Wildman–Crippen LogP) is 4.28. The minimum atomic E-state index is -0.583. The van der Waals surface area contributed by atoms with Crippen LogP contribution in [0.5, 0.6) is 5.75 Å². The van der Waals surface area contributed by atoms with Crippen molar-refractivity contribution in [2.24, 2.45) is 0 Å². The van der Waals surface area contributed by atoms with Gasteiger partial charge in [0.25, 0.3) is 5.91 Å². The molecule has 0 aliphatic heterocycles. The van der Waals surface area contributed by atoms with Crippen molar-refractivity contribution in [1.82, 2.24) is 5.32 Å². The lowest BCUT2D eigenvalue weighted by atomic mass is 10.00. The van der Waals surface area contributed by atoms with E-state index in [4.69, 9.17) is 9.47 Å². The maximum Gasteiger partial charge on any atom is 0.331 e. The molecule has 0 heterocycles. The highest BCUT2D eigenvalue weighted by Crippen LogP contribution is 2.23. The van der Waals surface area contributed by atoms with Crippen LogP contribution in [-0.4, -0.2) is 25.6 Å². The first-order valence-corrected chi connectivity index (χ1v) is 9.33. The smallest absolute Gasteiger partial charge is 0.331 e. The van der Waals surface area contributed by atoms with Gasteiger partial charge in [-0.1, -0.05) is 54.6 Å². The van der Waals surface area contributed by atoms with Gasteiger partial charge in [0.1, 0.15) is 5.75 Å². The minimum Gasteiger partial charge on any atom is -0.497 e. The molecule has 5 heteroatoms. The molecule has 148 valence electrons. The van der Waals surface area contributed by atoms with Crippen molar-refractivity contribution in [3.63, 3.8) is 0 Å². The molecule has 1 N–H and O–H groups in total. The van der Waals surface area contributed by atoms with Crippen LogP contribution in [0.2, 0.25) is 0 Å². The van der Waals surface area contributed by atoms with Crippen LogP contribution in [0.3, 0.4) is 0 Å². The van der Waals surface area contributed by atoms with E-state index in [-0.39, 0.29) is 18.6 Å². The van der Waals surface area contributed by atoms with E-state index in [0.29, 0.717) is 5.75 Å². The van der Waals surface area contributed by atoms with E-state index in [9.17, 15) is 9.59 Å².